The number of nitrogens with zero attached hydrogens (tertiary/aromatic N) is 5. The molecule has 4 rings (SSSR count). The van der Waals surface area contributed by atoms with Crippen molar-refractivity contribution in [2.45, 2.75) is 4.34 Å². The van der Waals surface area contributed by atoms with Crippen molar-refractivity contribution in [3.8, 4) is 11.3 Å². The van der Waals surface area contributed by atoms with Crippen LogP contribution in [-0.4, -0.2) is 74.1 Å². The van der Waals surface area contributed by atoms with Gasteiger partial charge in [-0.1, -0.05) is 41.7 Å². The van der Waals surface area contributed by atoms with Crippen LogP contribution in [0.4, 0.5) is 0 Å². The van der Waals surface area contributed by atoms with E-state index < -0.39 is 10.8 Å². The second-order valence-electron chi connectivity index (χ2n) is 6.28. The van der Waals surface area contributed by atoms with Crippen LogP contribution >= 0.6 is 11.3 Å². The van der Waals surface area contributed by atoms with Gasteiger partial charge in [-0.05, 0) is 7.05 Å². The van der Waals surface area contributed by atoms with Gasteiger partial charge in [-0.25, -0.2) is 9.50 Å². The van der Waals surface area contributed by atoms with E-state index in [4.69, 9.17) is 0 Å². The number of fused-ring (bicyclic) bond motifs is 1. The van der Waals surface area contributed by atoms with Crippen molar-refractivity contribution in [2.75, 3.05) is 45.5 Å². The lowest BCUT2D eigenvalue weighted by molar-refractivity contribution is 0.161. The summed E-state index contributed by atoms with van der Waals surface area (Å²) in [5.74, 6) is 0.631. The van der Waals surface area contributed by atoms with E-state index in [-0.39, 0.29) is 0 Å². The van der Waals surface area contributed by atoms with Gasteiger partial charge < -0.3 is 4.90 Å². The molecule has 3 heterocycles. The third-order valence-corrected chi connectivity index (χ3v) is 7.03. The van der Waals surface area contributed by atoms with Crippen molar-refractivity contribution in [1.82, 2.24) is 24.4 Å². The summed E-state index contributed by atoms with van der Waals surface area (Å²) < 4.78 is 15.0. The molecule has 3 aromatic rings. The van der Waals surface area contributed by atoms with Gasteiger partial charge in [0.2, 0.25) is 9.30 Å². The highest BCUT2D eigenvalue weighted by Crippen LogP contribution is 2.23. The van der Waals surface area contributed by atoms with Gasteiger partial charge in [0.15, 0.2) is 0 Å². The number of imidazole rings is 1. The molecule has 0 amide bonds. The maximum Gasteiger partial charge on any atom is 0.213 e. The molecule has 1 atom stereocenters. The summed E-state index contributed by atoms with van der Waals surface area (Å²) in [6.07, 6.45) is 1.91. The molecule has 25 heavy (non-hydrogen) atoms. The number of benzene rings is 1. The number of hydrogen-bond donors (Lipinski definition) is 0. The van der Waals surface area contributed by atoms with Crippen LogP contribution in [0, 0.1) is 0 Å². The molecule has 1 aliphatic rings. The Balaban J connectivity index is 1.41. The molecule has 6 nitrogen and oxygen atoms in total. The molecule has 0 N–H and O–H groups in total. The van der Waals surface area contributed by atoms with Crippen LogP contribution in [0.1, 0.15) is 0 Å². The van der Waals surface area contributed by atoms with E-state index >= 15 is 0 Å². The number of likely N-dealkylation sites (N-methyl/N-ethyl adjacent to an activating group) is 1. The lowest BCUT2D eigenvalue weighted by Gasteiger charge is -2.32. The fraction of sp³-hybridized carbons (Fsp3) is 0.412. The smallest absolute Gasteiger partial charge is 0.213 e. The van der Waals surface area contributed by atoms with E-state index in [2.05, 4.69) is 26.9 Å². The van der Waals surface area contributed by atoms with Gasteiger partial charge in [-0.3, -0.25) is 9.11 Å². The van der Waals surface area contributed by atoms with Crippen LogP contribution in [0.3, 0.4) is 0 Å². The molecular weight excluding hydrogens is 354 g/mol. The van der Waals surface area contributed by atoms with Gasteiger partial charge in [0.1, 0.15) is 0 Å². The molecule has 1 aliphatic heterocycles. The standard InChI is InChI=1S/C17H21N5OS2/c1-20-7-9-21(10-8-20)11-12-25(23)17-19-22-13-15(18-16(22)24-17)14-5-3-2-4-6-14/h2-6,13H,7-12H2,1H3. The molecule has 2 aromatic heterocycles. The van der Waals surface area contributed by atoms with Crippen molar-refractivity contribution in [3.05, 3.63) is 36.5 Å². The molecule has 0 radical (unpaired) electrons. The van der Waals surface area contributed by atoms with E-state index in [1.807, 2.05) is 36.5 Å². The first kappa shape index (κ1) is 16.8. The molecule has 132 valence electrons. The number of hydrogen-bond acceptors (Lipinski definition) is 6. The van der Waals surface area contributed by atoms with Crippen molar-refractivity contribution in [2.24, 2.45) is 0 Å². The zero-order chi connectivity index (χ0) is 17.2. The molecule has 0 saturated carbocycles. The molecule has 1 saturated heterocycles. The normalized spacial score (nSPS) is 18.0. The zero-order valence-corrected chi connectivity index (χ0v) is 15.8. The SMILES string of the molecule is CN1CCN(CCS(=O)c2nn3cc(-c4ccccc4)nc3s2)CC1. The second-order valence-corrected chi connectivity index (χ2v) is 8.98. The first-order valence-corrected chi connectivity index (χ1v) is 10.5. The van der Waals surface area contributed by atoms with Crippen molar-refractivity contribution in [3.63, 3.8) is 0 Å². The molecule has 1 unspecified atom stereocenters. The van der Waals surface area contributed by atoms with E-state index in [1.165, 1.54) is 11.3 Å². The molecule has 0 aliphatic carbocycles. The predicted octanol–water partition coefficient (Wildman–Crippen LogP) is 1.81. The van der Waals surface area contributed by atoms with E-state index in [1.54, 1.807) is 4.52 Å². The van der Waals surface area contributed by atoms with Crippen molar-refractivity contribution in [1.29, 1.82) is 0 Å². The third kappa shape index (κ3) is 3.82. The van der Waals surface area contributed by atoms with Gasteiger partial charge in [-0.2, -0.15) is 0 Å². The average molecular weight is 376 g/mol. The summed E-state index contributed by atoms with van der Waals surface area (Å²) in [5.41, 5.74) is 1.96. The maximum atomic E-state index is 12.6. The Morgan fingerprint density at radius 1 is 1.16 bits per heavy atom. The molecule has 1 fully saturated rings. The lowest BCUT2D eigenvalue weighted by Crippen LogP contribution is -2.45. The van der Waals surface area contributed by atoms with Crippen LogP contribution in [0.5, 0.6) is 0 Å². The highest BCUT2D eigenvalue weighted by molar-refractivity contribution is 7.87. The monoisotopic (exact) mass is 375 g/mol. The summed E-state index contributed by atoms with van der Waals surface area (Å²) in [6, 6.07) is 10.0. The minimum atomic E-state index is -1.06. The first-order chi connectivity index (χ1) is 12.2. The Morgan fingerprint density at radius 3 is 2.64 bits per heavy atom. The van der Waals surface area contributed by atoms with Gasteiger partial charge in [-0.15, -0.1) is 5.10 Å². The second kappa shape index (κ2) is 7.33. The largest absolute Gasteiger partial charge is 0.304 e. The van der Waals surface area contributed by atoms with Crippen molar-refractivity contribution < 1.29 is 4.21 Å². The van der Waals surface area contributed by atoms with Crippen LogP contribution in [0.25, 0.3) is 16.2 Å². The van der Waals surface area contributed by atoms with Crippen LogP contribution < -0.4 is 0 Å². The predicted molar refractivity (Wildman–Crippen MR) is 102 cm³/mol. The lowest BCUT2D eigenvalue weighted by atomic mass is 10.2. The Hall–Kier alpha value is -1.61. The minimum absolute atomic E-state index is 0.631. The number of aromatic nitrogens is 3. The van der Waals surface area contributed by atoms with Crippen LogP contribution in [-0.2, 0) is 10.8 Å². The van der Waals surface area contributed by atoms with Crippen LogP contribution in [0.15, 0.2) is 40.9 Å². The zero-order valence-electron chi connectivity index (χ0n) is 14.2. The Labute approximate surface area is 153 Å². The van der Waals surface area contributed by atoms with Gasteiger partial charge in [0.25, 0.3) is 0 Å². The Kier molecular flexibility index (Phi) is 4.93. The van der Waals surface area contributed by atoms with E-state index in [0.717, 1.165) is 48.9 Å². The van der Waals surface area contributed by atoms with E-state index in [0.29, 0.717) is 10.1 Å². The highest BCUT2D eigenvalue weighted by atomic mass is 32.2. The summed E-state index contributed by atoms with van der Waals surface area (Å²) in [4.78, 5) is 10.1. The van der Waals surface area contributed by atoms with Gasteiger partial charge in [0.05, 0.1) is 22.7 Å². The third-order valence-electron chi connectivity index (χ3n) is 4.48. The topological polar surface area (TPSA) is 53.7 Å². The Morgan fingerprint density at radius 2 is 1.92 bits per heavy atom. The fourth-order valence-corrected chi connectivity index (χ4v) is 5.13. The Bertz CT molecular complexity index is 836. The molecule has 1 aromatic carbocycles. The van der Waals surface area contributed by atoms with Gasteiger partial charge >= 0.3 is 0 Å². The summed E-state index contributed by atoms with van der Waals surface area (Å²) >= 11 is 1.42. The highest BCUT2D eigenvalue weighted by Gasteiger charge is 2.17. The average Bonchev–Trinajstić information content (AvgIpc) is 3.21. The summed E-state index contributed by atoms with van der Waals surface area (Å²) in [5, 5.41) is 4.48. The molecular formula is C17H21N5OS2. The van der Waals surface area contributed by atoms with Gasteiger partial charge in [0, 0.05) is 44.0 Å². The molecule has 8 heteroatoms. The number of rotatable bonds is 5. The summed E-state index contributed by atoms with van der Waals surface area (Å²) in [7, 11) is 1.08. The number of piperazine rings is 1. The van der Waals surface area contributed by atoms with Crippen LogP contribution in [0.2, 0.25) is 0 Å². The molecule has 0 spiro atoms. The van der Waals surface area contributed by atoms with E-state index in [9.17, 15) is 4.21 Å². The maximum absolute atomic E-state index is 12.6. The minimum Gasteiger partial charge on any atom is -0.304 e. The summed E-state index contributed by atoms with van der Waals surface area (Å²) in [6.45, 7) is 5.13. The fourth-order valence-electron chi connectivity index (χ4n) is 2.89. The van der Waals surface area contributed by atoms with Crippen molar-refractivity contribution >= 4 is 27.1 Å². The first-order valence-electron chi connectivity index (χ1n) is 8.40. The molecule has 0 bridgehead atoms. The quantitative estimate of drug-likeness (QED) is 0.681.